The number of oxazole rings is 1. The van der Waals surface area contributed by atoms with Crippen molar-refractivity contribution >= 4 is 12.2 Å². The van der Waals surface area contributed by atoms with Crippen LogP contribution >= 0.6 is 0 Å². The molecule has 1 heterocycles. The fraction of sp³-hybridized carbons (Fsp3) is 0. The molecule has 19 heavy (non-hydrogen) atoms. The molecule has 0 aliphatic heterocycles. The van der Waals surface area contributed by atoms with E-state index in [0.29, 0.717) is 5.89 Å². The van der Waals surface area contributed by atoms with E-state index in [-0.39, 0.29) is 0 Å². The number of rotatable bonds is 3. The Balaban J connectivity index is 1.81. The maximum Gasteiger partial charge on any atom is 0.219 e. The van der Waals surface area contributed by atoms with Gasteiger partial charge in [-0.2, -0.15) is 0 Å². The lowest BCUT2D eigenvalue weighted by Gasteiger charge is -1.93. The third-order valence-corrected chi connectivity index (χ3v) is 2.80. The minimum atomic E-state index is 0.614. The molecule has 3 rings (SSSR count). The summed E-state index contributed by atoms with van der Waals surface area (Å²) in [5.74, 6) is 1.40. The molecule has 3 aromatic rings. The second kappa shape index (κ2) is 5.36. The minimum absolute atomic E-state index is 0.614. The van der Waals surface area contributed by atoms with Crippen molar-refractivity contribution in [3.63, 3.8) is 0 Å². The maximum absolute atomic E-state index is 5.69. The van der Waals surface area contributed by atoms with E-state index in [9.17, 15) is 0 Å². The fourth-order valence-electron chi connectivity index (χ4n) is 1.83. The predicted molar refractivity (Wildman–Crippen MR) is 77.3 cm³/mol. The van der Waals surface area contributed by atoms with Gasteiger partial charge in [-0.1, -0.05) is 60.7 Å². The molecule has 92 valence electrons. The van der Waals surface area contributed by atoms with Crippen molar-refractivity contribution in [3.8, 4) is 11.3 Å². The zero-order valence-corrected chi connectivity index (χ0v) is 10.4. The van der Waals surface area contributed by atoms with Crippen molar-refractivity contribution in [2.24, 2.45) is 0 Å². The van der Waals surface area contributed by atoms with Crippen LogP contribution in [0.4, 0.5) is 0 Å². The normalized spacial score (nSPS) is 10.9. The van der Waals surface area contributed by atoms with Crippen LogP contribution in [0.1, 0.15) is 11.5 Å². The molecule has 0 fully saturated rings. The summed E-state index contributed by atoms with van der Waals surface area (Å²) in [6.07, 6.45) is 5.61. The van der Waals surface area contributed by atoms with Crippen LogP contribution < -0.4 is 0 Å². The van der Waals surface area contributed by atoms with Gasteiger partial charge in [-0.15, -0.1) is 0 Å². The highest BCUT2D eigenvalue weighted by atomic mass is 16.4. The molecule has 0 aliphatic carbocycles. The Labute approximate surface area is 112 Å². The summed E-state index contributed by atoms with van der Waals surface area (Å²) < 4.78 is 5.69. The highest BCUT2D eigenvalue weighted by molar-refractivity contribution is 5.67. The molecule has 0 saturated carbocycles. The van der Waals surface area contributed by atoms with Gasteiger partial charge in [0, 0.05) is 11.6 Å². The van der Waals surface area contributed by atoms with Crippen molar-refractivity contribution in [2.75, 3.05) is 0 Å². The SMILES string of the molecule is C(=C/c1ncc(-c2ccccc2)o1)/c1ccccc1. The van der Waals surface area contributed by atoms with Gasteiger partial charge in [0.15, 0.2) is 5.76 Å². The molecular weight excluding hydrogens is 234 g/mol. The van der Waals surface area contributed by atoms with Crippen LogP contribution in [0.15, 0.2) is 71.3 Å². The molecule has 2 heteroatoms. The molecule has 0 amide bonds. The van der Waals surface area contributed by atoms with E-state index in [4.69, 9.17) is 4.42 Å². The van der Waals surface area contributed by atoms with E-state index in [1.54, 1.807) is 6.20 Å². The summed E-state index contributed by atoms with van der Waals surface area (Å²) in [6.45, 7) is 0. The van der Waals surface area contributed by atoms with E-state index in [1.807, 2.05) is 72.8 Å². The van der Waals surface area contributed by atoms with E-state index in [0.717, 1.165) is 16.9 Å². The third kappa shape index (κ3) is 2.80. The number of aromatic nitrogens is 1. The summed E-state index contributed by atoms with van der Waals surface area (Å²) in [6, 6.07) is 20.0. The Morgan fingerprint density at radius 3 is 2.21 bits per heavy atom. The number of benzene rings is 2. The van der Waals surface area contributed by atoms with Gasteiger partial charge in [0.25, 0.3) is 0 Å². The first-order valence-corrected chi connectivity index (χ1v) is 6.16. The molecule has 0 spiro atoms. The lowest BCUT2D eigenvalue weighted by molar-refractivity contribution is 0.560. The first-order valence-electron chi connectivity index (χ1n) is 6.16. The fourth-order valence-corrected chi connectivity index (χ4v) is 1.83. The Kier molecular flexibility index (Phi) is 3.24. The first kappa shape index (κ1) is 11.5. The highest BCUT2D eigenvalue weighted by Gasteiger charge is 2.02. The summed E-state index contributed by atoms with van der Waals surface area (Å²) >= 11 is 0. The Morgan fingerprint density at radius 2 is 1.47 bits per heavy atom. The second-order valence-electron chi connectivity index (χ2n) is 4.17. The lowest BCUT2D eigenvalue weighted by Crippen LogP contribution is -1.71. The van der Waals surface area contributed by atoms with Crippen LogP contribution in [-0.2, 0) is 0 Å². The van der Waals surface area contributed by atoms with Gasteiger partial charge in [-0.05, 0) is 11.6 Å². The lowest BCUT2D eigenvalue weighted by atomic mass is 10.2. The maximum atomic E-state index is 5.69. The van der Waals surface area contributed by atoms with Crippen LogP contribution in [0.3, 0.4) is 0 Å². The standard InChI is InChI=1S/C17H13NO/c1-3-7-14(8-4-1)11-12-17-18-13-16(19-17)15-9-5-2-6-10-15/h1-13H/b12-11-. The van der Waals surface area contributed by atoms with Crippen LogP contribution in [0, 0.1) is 0 Å². The monoisotopic (exact) mass is 247 g/mol. The van der Waals surface area contributed by atoms with Gasteiger partial charge < -0.3 is 4.42 Å². The topological polar surface area (TPSA) is 26.0 Å². The van der Waals surface area contributed by atoms with Crippen LogP contribution in [-0.4, -0.2) is 4.98 Å². The highest BCUT2D eigenvalue weighted by Crippen LogP contribution is 2.20. The summed E-state index contributed by atoms with van der Waals surface area (Å²) in [5.41, 5.74) is 2.16. The molecule has 0 radical (unpaired) electrons. The van der Waals surface area contributed by atoms with Gasteiger partial charge in [0.05, 0.1) is 6.20 Å². The molecule has 2 nitrogen and oxygen atoms in total. The third-order valence-electron chi connectivity index (χ3n) is 2.80. The molecule has 0 atom stereocenters. The Hall–Kier alpha value is -2.61. The molecule has 0 aliphatic rings. The summed E-state index contributed by atoms with van der Waals surface area (Å²) in [4.78, 5) is 4.25. The van der Waals surface area contributed by atoms with E-state index < -0.39 is 0 Å². The zero-order chi connectivity index (χ0) is 12.9. The quantitative estimate of drug-likeness (QED) is 0.680. The Morgan fingerprint density at radius 1 is 0.789 bits per heavy atom. The number of nitrogens with zero attached hydrogens (tertiary/aromatic N) is 1. The summed E-state index contributed by atoms with van der Waals surface area (Å²) in [5, 5.41) is 0. The van der Waals surface area contributed by atoms with Crippen molar-refractivity contribution in [3.05, 3.63) is 78.3 Å². The van der Waals surface area contributed by atoms with Crippen molar-refractivity contribution < 1.29 is 4.42 Å². The molecule has 0 saturated heterocycles. The van der Waals surface area contributed by atoms with Gasteiger partial charge in [0.2, 0.25) is 5.89 Å². The summed E-state index contributed by atoms with van der Waals surface area (Å²) in [7, 11) is 0. The number of hydrogen-bond donors (Lipinski definition) is 0. The van der Waals surface area contributed by atoms with Gasteiger partial charge in [0.1, 0.15) is 0 Å². The van der Waals surface area contributed by atoms with E-state index >= 15 is 0 Å². The number of hydrogen-bond acceptors (Lipinski definition) is 2. The zero-order valence-electron chi connectivity index (χ0n) is 10.4. The average Bonchev–Trinajstić information content (AvgIpc) is 2.96. The smallest absolute Gasteiger partial charge is 0.219 e. The van der Waals surface area contributed by atoms with Gasteiger partial charge in [-0.3, -0.25) is 0 Å². The van der Waals surface area contributed by atoms with Crippen LogP contribution in [0.2, 0.25) is 0 Å². The van der Waals surface area contributed by atoms with Crippen LogP contribution in [0.25, 0.3) is 23.5 Å². The van der Waals surface area contributed by atoms with E-state index in [1.165, 1.54) is 0 Å². The molecule has 2 aromatic carbocycles. The van der Waals surface area contributed by atoms with Gasteiger partial charge >= 0.3 is 0 Å². The van der Waals surface area contributed by atoms with Crippen molar-refractivity contribution in [1.82, 2.24) is 4.98 Å². The van der Waals surface area contributed by atoms with Gasteiger partial charge in [-0.25, -0.2) is 4.98 Å². The molecule has 0 N–H and O–H groups in total. The van der Waals surface area contributed by atoms with Crippen molar-refractivity contribution in [1.29, 1.82) is 0 Å². The Bertz CT molecular complexity index is 669. The molecule has 0 unspecified atom stereocenters. The van der Waals surface area contributed by atoms with Crippen LogP contribution in [0.5, 0.6) is 0 Å². The van der Waals surface area contributed by atoms with Crippen molar-refractivity contribution in [2.45, 2.75) is 0 Å². The predicted octanol–water partition coefficient (Wildman–Crippen LogP) is 4.51. The first-order chi connectivity index (χ1) is 9.42. The molecule has 0 bridgehead atoms. The molecule has 1 aromatic heterocycles. The van der Waals surface area contributed by atoms with E-state index in [2.05, 4.69) is 4.98 Å². The largest absolute Gasteiger partial charge is 0.437 e. The molecular formula is C17H13NO. The average molecular weight is 247 g/mol. The second-order valence-corrected chi connectivity index (χ2v) is 4.17. The minimum Gasteiger partial charge on any atom is -0.437 e.